The number of carbonyl (C=O) groups is 3. The topological polar surface area (TPSA) is 95.5 Å². The van der Waals surface area contributed by atoms with Crippen molar-refractivity contribution in [2.45, 2.75) is 13.3 Å². The van der Waals surface area contributed by atoms with E-state index in [0.29, 0.717) is 5.56 Å². The molecule has 0 aromatic heterocycles. The molecule has 0 atom stereocenters. The molecule has 0 aliphatic heterocycles. The molecule has 0 saturated heterocycles. The van der Waals surface area contributed by atoms with E-state index in [1.165, 1.54) is 0 Å². The zero-order valence-corrected chi connectivity index (χ0v) is 14.4. The van der Waals surface area contributed by atoms with Gasteiger partial charge in [0.05, 0.1) is 6.42 Å². The standard InChI is InChI=1S/C20H20N2O4/c1-14-7-9-16(10-8-14)19(25)22-17(13-15-5-3-2-4-6-15)20(26)21-12-11-18(23)24/h2-10,13H,11-12H2,1H3,(H,21,26)(H,22,25)(H,23,24). The maximum Gasteiger partial charge on any atom is 0.305 e. The van der Waals surface area contributed by atoms with E-state index >= 15 is 0 Å². The van der Waals surface area contributed by atoms with Gasteiger partial charge in [-0.25, -0.2) is 0 Å². The van der Waals surface area contributed by atoms with Gasteiger partial charge in [-0.15, -0.1) is 0 Å². The van der Waals surface area contributed by atoms with Crippen molar-refractivity contribution >= 4 is 23.9 Å². The molecule has 134 valence electrons. The van der Waals surface area contributed by atoms with E-state index in [-0.39, 0.29) is 18.7 Å². The van der Waals surface area contributed by atoms with Crippen LogP contribution in [0, 0.1) is 6.92 Å². The van der Waals surface area contributed by atoms with Crippen molar-refractivity contribution in [1.29, 1.82) is 0 Å². The van der Waals surface area contributed by atoms with Crippen LogP contribution < -0.4 is 10.6 Å². The average Bonchev–Trinajstić information content (AvgIpc) is 2.62. The largest absolute Gasteiger partial charge is 0.481 e. The fourth-order valence-corrected chi connectivity index (χ4v) is 2.15. The number of carboxylic acid groups (broad SMARTS) is 1. The third-order valence-electron chi connectivity index (χ3n) is 3.54. The third kappa shape index (κ3) is 5.90. The molecule has 0 aliphatic carbocycles. The summed E-state index contributed by atoms with van der Waals surface area (Å²) >= 11 is 0. The van der Waals surface area contributed by atoms with Gasteiger partial charge in [-0.05, 0) is 30.7 Å². The summed E-state index contributed by atoms with van der Waals surface area (Å²) in [6.07, 6.45) is 1.35. The summed E-state index contributed by atoms with van der Waals surface area (Å²) in [6, 6.07) is 16.0. The third-order valence-corrected chi connectivity index (χ3v) is 3.54. The Kier molecular flexibility index (Phi) is 6.68. The van der Waals surface area contributed by atoms with Crippen molar-refractivity contribution in [3.05, 3.63) is 77.0 Å². The Morgan fingerprint density at radius 3 is 2.27 bits per heavy atom. The first-order valence-electron chi connectivity index (χ1n) is 8.10. The maximum absolute atomic E-state index is 12.4. The van der Waals surface area contributed by atoms with E-state index in [4.69, 9.17) is 5.11 Å². The molecule has 0 spiro atoms. The van der Waals surface area contributed by atoms with Gasteiger partial charge in [-0.1, -0.05) is 48.0 Å². The molecule has 0 bridgehead atoms. The zero-order valence-electron chi connectivity index (χ0n) is 14.4. The quantitative estimate of drug-likeness (QED) is 0.667. The van der Waals surface area contributed by atoms with Gasteiger partial charge in [0.2, 0.25) is 0 Å². The molecule has 0 saturated carbocycles. The van der Waals surface area contributed by atoms with Gasteiger partial charge in [-0.3, -0.25) is 14.4 Å². The first-order valence-corrected chi connectivity index (χ1v) is 8.10. The molecule has 0 unspecified atom stereocenters. The summed E-state index contributed by atoms with van der Waals surface area (Å²) in [5, 5.41) is 13.8. The van der Waals surface area contributed by atoms with Gasteiger partial charge >= 0.3 is 5.97 Å². The molecule has 2 aromatic carbocycles. The Morgan fingerprint density at radius 2 is 1.65 bits per heavy atom. The Balaban J connectivity index is 2.18. The van der Waals surface area contributed by atoms with E-state index in [0.717, 1.165) is 11.1 Å². The molecule has 0 fully saturated rings. The highest BCUT2D eigenvalue weighted by molar-refractivity contribution is 6.05. The molecule has 26 heavy (non-hydrogen) atoms. The number of benzene rings is 2. The van der Waals surface area contributed by atoms with Crippen molar-refractivity contribution in [1.82, 2.24) is 10.6 Å². The van der Waals surface area contributed by atoms with Crippen molar-refractivity contribution in [3.63, 3.8) is 0 Å². The van der Waals surface area contributed by atoms with Gasteiger partial charge in [-0.2, -0.15) is 0 Å². The van der Waals surface area contributed by atoms with Crippen LogP contribution >= 0.6 is 0 Å². The van der Waals surface area contributed by atoms with Crippen molar-refractivity contribution in [2.75, 3.05) is 6.54 Å². The molecular formula is C20H20N2O4. The Morgan fingerprint density at radius 1 is 1.00 bits per heavy atom. The zero-order chi connectivity index (χ0) is 18.9. The van der Waals surface area contributed by atoms with Crippen LogP contribution in [-0.2, 0) is 9.59 Å². The van der Waals surface area contributed by atoms with Gasteiger partial charge in [0, 0.05) is 12.1 Å². The SMILES string of the molecule is Cc1ccc(C(=O)NC(=Cc2ccccc2)C(=O)NCCC(=O)O)cc1. The second kappa shape index (κ2) is 9.17. The molecule has 6 heteroatoms. The number of hydrogen-bond acceptors (Lipinski definition) is 3. The van der Waals surface area contributed by atoms with E-state index < -0.39 is 17.8 Å². The lowest BCUT2D eigenvalue weighted by atomic mass is 10.1. The Hall–Kier alpha value is -3.41. The summed E-state index contributed by atoms with van der Waals surface area (Å²) in [6.45, 7) is 1.89. The predicted molar refractivity (Wildman–Crippen MR) is 98.3 cm³/mol. The molecule has 0 aliphatic rings. The lowest BCUT2D eigenvalue weighted by molar-refractivity contribution is -0.136. The van der Waals surface area contributed by atoms with E-state index in [1.807, 2.05) is 37.3 Å². The van der Waals surface area contributed by atoms with Crippen LogP contribution in [0.15, 0.2) is 60.3 Å². The smallest absolute Gasteiger partial charge is 0.305 e. The number of nitrogens with one attached hydrogen (secondary N) is 2. The van der Waals surface area contributed by atoms with Gasteiger partial charge in [0.1, 0.15) is 5.70 Å². The van der Waals surface area contributed by atoms with E-state index in [9.17, 15) is 14.4 Å². The Labute approximate surface area is 151 Å². The first-order chi connectivity index (χ1) is 12.5. The second-order valence-corrected chi connectivity index (χ2v) is 5.69. The number of rotatable bonds is 7. The molecular weight excluding hydrogens is 332 g/mol. The van der Waals surface area contributed by atoms with Crippen LogP contribution in [0.3, 0.4) is 0 Å². The number of carboxylic acids is 1. The summed E-state index contributed by atoms with van der Waals surface area (Å²) in [5.41, 5.74) is 2.23. The molecule has 6 nitrogen and oxygen atoms in total. The van der Waals surface area contributed by atoms with Crippen LogP contribution in [0.5, 0.6) is 0 Å². The molecule has 0 radical (unpaired) electrons. The fraction of sp³-hybridized carbons (Fsp3) is 0.150. The minimum Gasteiger partial charge on any atom is -0.481 e. The van der Waals surface area contributed by atoms with Gasteiger partial charge in [0.25, 0.3) is 11.8 Å². The molecule has 3 N–H and O–H groups in total. The minimum atomic E-state index is -1.01. The van der Waals surface area contributed by atoms with Crippen LogP contribution in [0.4, 0.5) is 0 Å². The normalized spacial score (nSPS) is 10.9. The molecule has 2 rings (SSSR count). The van der Waals surface area contributed by atoms with Crippen molar-refractivity contribution in [3.8, 4) is 0 Å². The number of aliphatic carboxylic acids is 1. The summed E-state index contributed by atoms with van der Waals surface area (Å²) in [4.78, 5) is 35.4. The van der Waals surface area contributed by atoms with E-state index in [1.54, 1.807) is 30.3 Å². The van der Waals surface area contributed by atoms with Crippen LogP contribution in [0.1, 0.15) is 27.9 Å². The summed E-state index contributed by atoms with van der Waals surface area (Å²) in [5.74, 6) is -1.97. The summed E-state index contributed by atoms with van der Waals surface area (Å²) < 4.78 is 0. The van der Waals surface area contributed by atoms with Gasteiger partial charge in [0.15, 0.2) is 0 Å². The fourth-order valence-electron chi connectivity index (χ4n) is 2.15. The van der Waals surface area contributed by atoms with Crippen LogP contribution in [-0.4, -0.2) is 29.4 Å². The summed E-state index contributed by atoms with van der Waals surface area (Å²) in [7, 11) is 0. The number of amides is 2. The lowest BCUT2D eigenvalue weighted by Gasteiger charge is -2.11. The molecule has 2 aromatic rings. The number of aryl methyl sites for hydroxylation is 1. The van der Waals surface area contributed by atoms with Crippen LogP contribution in [0.2, 0.25) is 0 Å². The van der Waals surface area contributed by atoms with Crippen molar-refractivity contribution in [2.24, 2.45) is 0 Å². The highest BCUT2D eigenvalue weighted by atomic mass is 16.4. The monoisotopic (exact) mass is 352 g/mol. The van der Waals surface area contributed by atoms with Crippen molar-refractivity contribution < 1.29 is 19.5 Å². The number of hydrogen-bond donors (Lipinski definition) is 3. The highest BCUT2D eigenvalue weighted by Crippen LogP contribution is 2.08. The molecule has 2 amide bonds. The minimum absolute atomic E-state index is 0.0271. The average molecular weight is 352 g/mol. The van der Waals surface area contributed by atoms with Gasteiger partial charge < -0.3 is 15.7 Å². The predicted octanol–water partition coefficient (Wildman–Crippen LogP) is 2.36. The second-order valence-electron chi connectivity index (χ2n) is 5.69. The van der Waals surface area contributed by atoms with E-state index in [2.05, 4.69) is 10.6 Å². The molecule has 0 heterocycles. The lowest BCUT2D eigenvalue weighted by Crippen LogP contribution is -2.35. The first kappa shape index (κ1) is 18.9. The van der Waals surface area contributed by atoms with Crippen LogP contribution in [0.25, 0.3) is 6.08 Å². The number of carbonyl (C=O) groups excluding carboxylic acids is 2. The Bertz CT molecular complexity index is 811. The maximum atomic E-state index is 12.4. The highest BCUT2D eigenvalue weighted by Gasteiger charge is 2.14.